The van der Waals surface area contributed by atoms with Crippen LogP contribution in [0.2, 0.25) is 0 Å². The maximum atomic E-state index is 12.6. The lowest BCUT2D eigenvalue weighted by atomic mass is 9.92. The number of ether oxygens (including phenoxy) is 1. The molecule has 3 rings (SSSR count). The Bertz CT molecular complexity index is 958. The summed E-state index contributed by atoms with van der Waals surface area (Å²) in [6.45, 7) is 6.27. The van der Waals surface area contributed by atoms with Crippen molar-refractivity contribution in [2.24, 2.45) is 5.41 Å². The molecule has 0 amide bonds. The highest BCUT2D eigenvalue weighted by molar-refractivity contribution is 7.92. The maximum absolute atomic E-state index is 12.6. The third kappa shape index (κ3) is 4.66. The Morgan fingerprint density at radius 1 is 1.25 bits per heavy atom. The van der Waals surface area contributed by atoms with Gasteiger partial charge >= 0.3 is 6.36 Å². The molecule has 0 saturated carbocycles. The van der Waals surface area contributed by atoms with Crippen molar-refractivity contribution in [2.75, 3.05) is 19.7 Å². The van der Waals surface area contributed by atoms with Crippen LogP contribution in [0.15, 0.2) is 23.1 Å². The number of rotatable bonds is 6. The molecular weight excluding hydrogens is 395 g/mol. The smallest absolute Gasteiger partial charge is 0.326 e. The van der Waals surface area contributed by atoms with Crippen LogP contribution >= 0.6 is 0 Å². The number of nitrogens with one attached hydrogen (secondary N) is 1. The number of aromatic nitrogens is 2. The van der Waals surface area contributed by atoms with Crippen molar-refractivity contribution in [2.45, 2.75) is 50.2 Å². The number of imidazole rings is 1. The second-order valence-corrected chi connectivity index (χ2v) is 10.4. The second-order valence-electron chi connectivity index (χ2n) is 8.19. The number of nitrogens with zero attached hydrogens (tertiary/aromatic N) is 2. The van der Waals surface area contributed by atoms with Crippen LogP contribution in [0, 0.1) is 5.41 Å². The summed E-state index contributed by atoms with van der Waals surface area (Å²) in [4.78, 5) is 4.72. The van der Waals surface area contributed by atoms with Crippen LogP contribution in [-0.4, -0.2) is 49.3 Å². The molecule has 10 heteroatoms. The van der Waals surface area contributed by atoms with E-state index in [0.29, 0.717) is 36.4 Å². The number of alkyl halides is 3. The molecule has 0 bridgehead atoms. The van der Waals surface area contributed by atoms with Gasteiger partial charge in [0.05, 0.1) is 27.8 Å². The molecule has 0 spiro atoms. The van der Waals surface area contributed by atoms with Gasteiger partial charge in [0.25, 0.3) is 0 Å². The summed E-state index contributed by atoms with van der Waals surface area (Å²) in [5.41, 5.74) is 0.909. The third-order valence-electron chi connectivity index (χ3n) is 4.58. The molecule has 1 aromatic carbocycles. The van der Waals surface area contributed by atoms with Crippen LogP contribution in [-0.2, 0) is 27.5 Å². The topological polar surface area (TPSA) is 73.2 Å². The molecule has 28 heavy (non-hydrogen) atoms. The number of halogens is 3. The van der Waals surface area contributed by atoms with Crippen molar-refractivity contribution in [3.05, 3.63) is 24.0 Å². The molecule has 1 aliphatic rings. The number of hydrogen-bond acceptors (Lipinski definition) is 5. The molecule has 0 aliphatic carbocycles. The summed E-state index contributed by atoms with van der Waals surface area (Å²) in [5, 5.41) is 2.49. The average Bonchev–Trinajstić information content (AvgIpc) is 2.78. The van der Waals surface area contributed by atoms with E-state index in [1.807, 2.05) is 20.8 Å². The normalized spacial score (nSPS) is 16.5. The Hall–Kier alpha value is -1.65. The van der Waals surface area contributed by atoms with Crippen LogP contribution in [0.25, 0.3) is 11.0 Å². The summed E-state index contributed by atoms with van der Waals surface area (Å²) in [6.07, 6.45) is -4.17. The van der Waals surface area contributed by atoms with Gasteiger partial charge in [-0.2, -0.15) is 0 Å². The zero-order chi connectivity index (χ0) is 20.7. The Labute approximate surface area is 162 Å². The average molecular weight is 419 g/mol. The Kier molecular flexibility index (Phi) is 5.50. The maximum Gasteiger partial charge on any atom is 0.522 e. The fourth-order valence-corrected chi connectivity index (χ4v) is 4.72. The Balaban J connectivity index is 1.97. The van der Waals surface area contributed by atoms with E-state index in [9.17, 15) is 21.6 Å². The Morgan fingerprint density at radius 2 is 1.93 bits per heavy atom. The first-order valence-electron chi connectivity index (χ1n) is 9.01. The van der Waals surface area contributed by atoms with Gasteiger partial charge in [0.1, 0.15) is 5.82 Å². The molecule has 1 aliphatic heterocycles. The minimum Gasteiger partial charge on any atom is -0.326 e. The molecule has 1 fully saturated rings. The highest BCUT2D eigenvalue weighted by atomic mass is 32.2. The van der Waals surface area contributed by atoms with Crippen molar-refractivity contribution in [1.29, 1.82) is 0 Å². The van der Waals surface area contributed by atoms with Crippen LogP contribution in [0.1, 0.15) is 26.6 Å². The lowest BCUT2D eigenvalue weighted by Gasteiger charge is -2.26. The van der Waals surface area contributed by atoms with Gasteiger partial charge in [-0.25, -0.2) is 13.4 Å². The number of benzene rings is 1. The van der Waals surface area contributed by atoms with Crippen molar-refractivity contribution < 1.29 is 26.3 Å². The number of fused-ring (bicyclic) bond motifs is 1. The zero-order valence-electron chi connectivity index (χ0n) is 16.0. The molecule has 0 atom stereocenters. The monoisotopic (exact) mass is 419 g/mol. The highest BCUT2D eigenvalue weighted by Crippen LogP contribution is 2.28. The lowest BCUT2D eigenvalue weighted by Crippen LogP contribution is -2.51. The summed E-state index contributed by atoms with van der Waals surface area (Å²) in [6, 6.07) is 4.62. The fraction of sp³-hybridized carbons (Fsp3) is 0.611. The van der Waals surface area contributed by atoms with Gasteiger partial charge in [0, 0.05) is 26.1 Å². The molecule has 156 valence electrons. The summed E-state index contributed by atoms with van der Waals surface area (Å²) >= 11 is 0. The van der Waals surface area contributed by atoms with Gasteiger partial charge in [-0.15, -0.1) is 13.2 Å². The first-order chi connectivity index (χ1) is 12.9. The number of hydrogen-bond donors (Lipinski definition) is 1. The van der Waals surface area contributed by atoms with Crippen molar-refractivity contribution in [3.8, 4) is 0 Å². The van der Waals surface area contributed by atoms with E-state index in [1.165, 1.54) is 12.1 Å². The third-order valence-corrected chi connectivity index (χ3v) is 6.70. The van der Waals surface area contributed by atoms with Gasteiger partial charge in [-0.1, -0.05) is 20.8 Å². The molecule has 2 aromatic rings. The van der Waals surface area contributed by atoms with E-state index in [0.717, 1.165) is 0 Å². The highest BCUT2D eigenvalue weighted by Gasteiger charge is 2.33. The van der Waals surface area contributed by atoms with E-state index in [-0.39, 0.29) is 16.9 Å². The fourth-order valence-electron chi connectivity index (χ4n) is 3.12. The Morgan fingerprint density at radius 3 is 2.46 bits per heavy atom. The SMILES string of the molecule is CC(C)(C)Cc1nc2cc(S(=O)(=O)C3CNC3)ccc2n1CCOC(F)(F)F. The van der Waals surface area contributed by atoms with Crippen molar-refractivity contribution in [1.82, 2.24) is 14.9 Å². The molecule has 0 radical (unpaired) electrons. The van der Waals surface area contributed by atoms with Crippen LogP contribution in [0.3, 0.4) is 0 Å². The molecule has 1 N–H and O–H groups in total. The van der Waals surface area contributed by atoms with Gasteiger partial charge in [-0.05, 0) is 23.6 Å². The summed E-state index contributed by atoms with van der Waals surface area (Å²) in [7, 11) is -3.45. The van der Waals surface area contributed by atoms with E-state index in [2.05, 4.69) is 15.0 Å². The van der Waals surface area contributed by atoms with E-state index in [1.54, 1.807) is 10.6 Å². The van der Waals surface area contributed by atoms with Crippen LogP contribution in [0.5, 0.6) is 0 Å². The zero-order valence-corrected chi connectivity index (χ0v) is 16.8. The minimum absolute atomic E-state index is 0.0277. The first-order valence-corrected chi connectivity index (χ1v) is 10.6. The molecule has 6 nitrogen and oxygen atoms in total. The molecule has 0 unspecified atom stereocenters. The molecule has 1 aromatic heterocycles. The van der Waals surface area contributed by atoms with Gasteiger partial charge in [0.2, 0.25) is 0 Å². The standard InChI is InChI=1S/C18H24F3N3O3S/c1-17(2,3)9-16-23-14-8-12(28(25,26)13-10-22-11-13)4-5-15(14)24(16)6-7-27-18(19,20)21/h4-5,8,13,22H,6-7,9-11H2,1-3H3. The van der Waals surface area contributed by atoms with Crippen LogP contribution in [0.4, 0.5) is 13.2 Å². The summed E-state index contributed by atoms with van der Waals surface area (Å²) < 4.78 is 67.9. The minimum atomic E-state index is -4.70. The number of sulfone groups is 1. The molecule has 2 heterocycles. The van der Waals surface area contributed by atoms with E-state index < -0.39 is 28.1 Å². The predicted octanol–water partition coefficient (Wildman–Crippen LogP) is 2.91. The second kappa shape index (κ2) is 7.31. The van der Waals surface area contributed by atoms with E-state index >= 15 is 0 Å². The quantitative estimate of drug-likeness (QED) is 0.780. The lowest BCUT2D eigenvalue weighted by molar-refractivity contribution is -0.325. The van der Waals surface area contributed by atoms with Gasteiger partial charge < -0.3 is 9.88 Å². The van der Waals surface area contributed by atoms with Gasteiger partial charge in [-0.3, -0.25) is 4.74 Å². The predicted molar refractivity (Wildman–Crippen MR) is 98.7 cm³/mol. The van der Waals surface area contributed by atoms with Crippen molar-refractivity contribution in [3.63, 3.8) is 0 Å². The molecular formula is C18H24F3N3O3S. The largest absolute Gasteiger partial charge is 0.522 e. The van der Waals surface area contributed by atoms with E-state index in [4.69, 9.17) is 0 Å². The van der Waals surface area contributed by atoms with Crippen LogP contribution < -0.4 is 5.32 Å². The summed E-state index contributed by atoms with van der Waals surface area (Å²) in [5.74, 6) is 0.605. The van der Waals surface area contributed by atoms with Gasteiger partial charge in [0.15, 0.2) is 9.84 Å². The van der Waals surface area contributed by atoms with Crippen molar-refractivity contribution >= 4 is 20.9 Å². The molecule has 1 saturated heterocycles. The first kappa shape index (κ1) is 21.1.